The number of hydrogen-bond acceptors (Lipinski definition) is 5. The monoisotopic (exact) mass is 287 g/mol. The quantitative estimate of drug-likeness (QED) is 0.929. The van der Waals surface area contributed by atoms with Gasteiger partial charge in [0.2, 0.25) is 11.7 Å². The van der Waals surface area contributed by atoms with Gasteiger partial charge in [0.15, 0.2) is 0 Å². The van der Waals surface area contributed by atoms with Crippen molar-refractivity contribution in [2.24, 2.45) is 5.92 Å². The highest BCUT2D eigenvalue weighted by Crippen LogP contribution is 2.38. The molecule has 0 radical (unpaired) electrons. The van der Waals surface area contributed by atoms with Gasteiger partial charge in [-0.2, -0.15) is 4.98 Å². The van der Waals surface area contributed by atoms with Crippen LogP contribution in [0.2, 0.25) is 0 Å². The van der Waals surface area contributed by atoms with E-state index >= 15 is 0 Å². The molecule has 1 fully saturated rings. The Morgan fingerprint density at radius 1 is 1.48 bits per heavy atom. The third-order valence-corrected chi connectivity index (χ3v) is 4.10. The van der Waals surface area contributed by atoms with Crippen molar-refractivity contribution in [3.63, 3.8) is 0 Å². The minimum atomic E-state index is -0.736. The van der Waals surface area contributed by atoms with Crippen molar-refractivity contribution in [1.29, 1.82) is 0 Å². The number of aliphatic carboxylic acids is 1. The van der Waals surface area contributed by atoms with Crippen LogP contribution < -0.4 is 0 Å². The number of hydrogen-bond donors (Lipinski definition) is 1. The average Bonchev–Trinajstić information content (AvgIpc) is 3.16. The molecule has 6 heteroatoms. The van der Waals surface area contributed by atoms with Crippen molar-refractivity contribution in [1.82, 2.24) is 15.1 Å². The molecule has 2 aromatic rings. The van der Waals surface area contributed by atoms with Gasteiger partial charge in [-0.25, -0.2) is 0 Å². The molecule has 2 aromatic heterocycles. The molecular formula is C15H17N3O3. The zero-order valence-corrected chi connectivity index (χ0v) is 11.8. The Labute approximate surface area is 122 Å². The number of aryl methyl sites for hydroxylation is 1. The molecule has 21 heavy (non-hydrogen) atoms. The maximum atomic E-state index is 11.0. The van der Waals surface area contributed by atoms with Gasteiger partial charge in [0.1, 0.15) is 0 Å². The first kappa shape index (κ1) is 13.7. The highest BCUT2D eigenvalue weighted by Gasteiger charge is 2.33. The molecule has 2 unspecified atom stereocenters. The number of carboxylic acid groups (broad SMARTS) is 1. The van der Waals surface area contributed by atoms with Crippen molar-refractivity contribution in [2.75, 3.05) is 0 Å². The lowest BCUT2D eigenvalue weighted by Crippen LogP contribution is -2.09. The standard InChI is InChI=1S/C15H17N3O3/c1-2-9-8-16-6-5-12(9)13-17-14(21-18-13)10-3-4-11(7-10)15(19)20/h5-6,8,10-11H,2-4,7H2,1H3,(H,19,20). The van der Waals surface area contributed by atoms with Crippen LogP contribution in [0.3, 0.4) is 0 Å². The Balaban J connectivity index is 1.82. The molecule has 0 aromatic carbocycles. The highest BCUT2D eigenvalue weighted by atomic mass is 16.5. The SMILES string of the molecule is CCc1cnccc1-c1noc(C2CCC(C(=O)O)C2)n1. The van der Waals surface area contributed by atoms with Gasteiger partial charge in [0, 0.05) is 23.9 Å². The Morgan fingerprint density at radius 3 is 3.05 bits per heavy atom. The molecule has 0 bridgehead atoms. The Hall–Kier alpha value is -2.24. The van der Waals surface area contributed by atoms with E-state index in [-0.39, 0.29) is 11.8 Å². The predicted octanol–water partition coefficient (Wildman–Crippen LogP) is 2.66. The van der Waals surface area contributed by atoms with Crippen LogP contribution in [0.5, 0.6) is 0 Å². The molecule has 0 saturated heterocycles. The van der Waals surface area contributed by atoms with Gasteiger partial charge in [-0.15, -0.1) is 0 Å². The predicted molar refractivity (Wildman–Crippen MR) is 74.6 cm³/mol. The summed E-state index contributed by atoms with van der Waals surface area (Å²) in [7, 11) is 0. The topological polar surface area (TPSA) is 89.1 Å². The second kappa shape index (κ2) is 5.63. The van der Waals surface area contributed by atoms with Gasteiger partial charge in [0.05, 0.1) is 5.92 Å². The lowest BCUT2D eigenvalue weighted by molar-refractivity contribution is -0.141. The average molecular weight is 287 g/mol. The zero-order valence-electron chi connectivity index (χ0n) is 11.8. The first-order valence-corrected chi connectivity index (χ1v) is 7.18. The number of carboxylic acids is 1. The molecule has 3 rings (SSSR count). The van der Waals surface area contributed by atoms with Crippen LogP contribution in [0, 0.1) is 5.92 Å². The fourth-order valence-electron chi connectivity index (χ4n) is 2.87. The Bertz CT molecular complexity index is 653. The number of rotatable bonds is 4. The second-order valence-electron chi connectivity index (χ2n) is 5.39. The minimum Gasteiger partial charge on any atom is -0.481 e. The summed E-state index contributed by atoms with van der Waals surface area (Å²) in [5.41, 5.74) is 2.00. The highest BCUT2D eigenvalue weighted by molar-refractivity contribution is 5.70. The third kappa shape index (κ3) is 2.66. The lowest BCUT2D eigenvalue weighted by atomic mass is 10.1. The van der Waals surface area contributed by atoms with E-state index in [1.807, 2.05) is 6.07 Å². The van der Waals surface area contributed by atoms with E-state index in [1.165, 1.54) is 0 Å². The van der Waals surface area contributed by atoms with Gasteiger partial charge >= 0.3 is 5.97 Å². The molecule has 0 spiro atoms. The van der Waals surface area contributed by atoms with E-state index in [1.54, 1.807) is 12.4 Å². The van der Waals surface area contributed by atoms with Gasteiger partial charge in [-0.05, 0) is 37.3 Å². The fraction of sp³-hybridized carbons (Fsp3) is 0.467. The molecule has 1 aliphatic rings. The van der Waals surface area contributed by atoms with E-state index in [0.717, 1.165) is 24.0 Å². The van der Waals surface area contributed by atoms with Crippen molar-refractivity contribution in [2.45, 2.75) is 38.5 Å². The number of aromatic nitrogens is 3. The Kier molecular flexibility index (Phi) is 3.68. The summed E-state index contributed by atoms with van der Waals surface area (Å²) >= 11 is 0. The largest absolute Gasteiger partial charge is 0.481 e. The van der Waals surface area contributed by atoms with Crippen molar-refractivity contribution in [3.8, 4) is 11.4 Å². The van der Waals surface area contributed by atoms with Crippen LogP contribution in [0.15, 0.2) is 23.0 Å². The van der Waals surface area contributed by atoms with Gasteiger partial charge in [0.25, 0.3) is 0 Å². The number of nitrogens with zero attached hydrogens (tertiary/aromatic N) is 3. The van der Waals surface area contributed by atoms with E-state index in [4.69, 9.17) is 9.63 Å². The van der Waals surface area contributed by atoms with Crippen molar-refractivity contribution in [3.05, 3.63) is 29.9 Å². The second-order valence-corrected chi connectivity index (χ2v) is 5.39. The minimum absolute atomic E-state index is 0.0549. The first-order chi connectivity index (χ1) is 10.2. The van der Waals surface area contributed by atoms with Gasteiger partial charge < -0.3 is 9.63 Å². The summed E-state index contributed by atoms with van der Waals surface area (Å²) in [5, 5.41) is 13.1. The summed E-state index contributed by atoms with van der Waals surface area (Å²) in [6.07, 6.45) is 6.40. The van der Waals surface area contributed by atoms with E-state index in [9.17, 15) is 4.79 Å². The molecule has 1 aliphatic carbocycles. The van der Waals surface area contributed by atoms with Crippen LogP contribution in [0.4, 0.5) is 0 Å². The van der Waals surface area contributed by atoms with Crippen LogP contribution in [0.25, 0.3) is 11.4 Å². The molecule has 1 saturated carbocycles. The maximum absolute atomic E-state index is 11.0. The lowest BCUT2D eigenvalue weighted by Gasteiger charge is -2.03. The zero-order chi connectivity index (χ0) is 14.8. The van der Waals surface area contributed by atoms with Crippen LogP contribution in [-0.2, 0) is 11.2 Å². The first-order valence-electron chi connectivity index (χ1n) is 7.18. The molecule has 0 aliphatic heterocycles. The van der Waals surface area contributed by atoms with Crippen molar-refractivity contribution >= 4 is 5.97 Å². The van der Waals surface area contributed by atoms with E-state index in [0.29, 0.717) is 24.6 Å². The van der Waals surface area contributed by atoms with Crippen molar-refractivity contribution < 1.29 is 14.4 Å². The third-order valence-electron chi connectivity index (χ3n) is 4.10. The maximum Gasteiger partial charge on any atom is 0.306 e. The molecule has 6 nitrogen and oxygen atoms in total. The molecule has 1 N–H and O–H groups in total. The van der Waals surface area contributed by atoms with E-state index in [2.05, 4.69) is 22.0 Å². The van der Waals surface area contributed by atoms with Crippen LogP contribution in [0.1, 0.15) is 43.6 Å². The molecule has 2 atom stereocenters. The summed E-state index contributed by atoms with van der Waals surface area (Å²) in [4.78, 5) is 19.6. The Morgan fingerprint density at radius 2 is 2.33 bits per heavy atom. The van der Waals surface area contributed by atoms with Gasteiger partial charge in [-0.3, -0.25) is 9.78 Å². The van der Waals surface area contributed by atoms with Gasteiger partial charge in [-0.1, -0.05) is 12.1 Å². The summed E-state index contributed by atoms with van der Waals surface area (Å²) < 4.78 is 5.36. The molecule has 0 amide bonds. The number of carbonyl (C=O) groups is 1. The smallest absolute Gasteiger partial charge is 0.306 e. The number of pyridine rings is 1. The summed E-state index contributed by atoms with van der Waals surface area (Å²) in [6, 6.07) is 1.88. The molecule has 110 valence electrons. The summed E-state index contributed by atoms with van der Waals surface area (Å²) in [6.45, 7) is 2.05. The summed E-state index contributed by atoms with van der Waals surface area (Å²) in [5.74, 6) is 0.132. The molecule has 2 heterocycles. The van der Waals surface area contributed by atoms with Crippen LogP contribution >= 0.6 is 0 Å². The van der Waals surface area contributed by atoms with Crippen LogP contribution in [-0.4, -0.2) is 26.2 Å². The van der Waals surface area contributed by atoms with E-state index < -0.39 is 5.97 Å². The normalized spacial score (nSPS) is 21.6. The fourth-order valence-corrected chi connectivity index (χ4v) is 2.87. The molecular weight excluding hydrogens is 270 g/mol.